The van der Waals surface area contributed by atoms with Gasteiger partial charge in [0, 0.05) is 20.7 Å². The number of amides is 3. The van der Waals surface area contributed by atoms with Gasteiger partial charge in [-0.3, -0.25) is 4.79 Å². The zero-order valence-corrected chi connectivity index (χ0v) is 18.1. The Labute approximate surface area is 181 Å². The van der Waals surface area contributed by atoms with E-state index < -0.39 is 0 Å². The minimum atomic E-state index is -0.334. The average Bonchev–Trinajstić information content (AvgIpc) is 3.21. The predicted molar refractivity (Wildman–Crippen MR) is 119 cm³/mol. The second-order valence-corrected chi connectivity index (χ2v) is 8.14. The average molecular weight is 474 g/mol. The topological polar surface area (TPSA) is 83.4 Å². The molecule has 0 spiro atoms. The largest absolute Gasteiger partial charge is 0.467 e. The van der Waals surface area contributed by atoms with Gasteiger partial charge in [0.05, 0.1) is 18.6 Å². The summed E-state index contributed by atoms with van der Waals surface area (Å²) in [6, 6.07) is 16.1. The van der Waals surface area contributed by atoms with Crippen LogP contribution in [0.5, 0.6) is 0 Å². The van der Waals surface area contributed by atoms with Crippen molar-refractivity contribution >= 4 is 51.0 Å². The highest BCUT2D eigenvalue weighted by Crippen LogP contribution is 2.25. The molecule has 0 bridgehead atoms. The quantitative estimate of drug-likeness (QED) is 0.401. The van der Waals surface area contributed by atoms with Crippen molar-refractivity contribution in [2.24, 2.45) is 0 Å². The molecule has 3 rings (SSSR count). The second-order valence-electron chi connectivity index (χ2n) is 6.21. The number of furan rings is 1. The molecular weight excluding hydrogens is 454 g/mol. The molecule has 3 amide bonds. The van der Waals surface area contributed by atoms with E-state index in [4.69, 9.17) is 4.42 Å². The van der Waals surface area contributed by atoms with Crippen LogP contribution < -0.4 is 16.0 Å². The van der Waals surface area contributed by atoms with Gasteiger partial charge in [-0.05, 0) is 67.1 Å². The molecule has 0 atom stereocenters. The molecule has 0 unspecified atom stereocenters. The lowest BCUT2D eigenvalue weighted by molar-refractivity contribution is -0.113. The third-order valence-corrected chi connectivity index (χ3v) is 5.59. The summed E-state index contributed by atoms with van der Waals surface area (Å²) in [6.07, 6.45) is 1.56. The maximum atomic E-state index is 12.2. The molecule has 0 aliphatic carbocycles. The van der Waals surface area contributed by atoms with Crippen molar-refractivity contribution in [1.29, 1.82) is 0 Å². The lowest BCUT2D eigenvalue weighted by Gasteiger charge is -2.09. The Morgan fingerprint density at radius 1 is 1.03 bits per heavy atom. The number of urea groups is 1. The highest BCUT2D eigenvalue weighted by Gasteiger charge is 2.07. The van der Waals surface area contributed by atoms with E-state index in [0.717, 1.165) is 14.9 Å². The molecule has 150 valence electrons. The number of hydrogen-bond acceptors (Lipinski definition) is 4. The van der Waals surface area contributed by atoms with Gasteiger partial charge in [-0.25, -0.2) is 4.79 Å². The number of anilines is 2. The van der Waals surface area contributed by atoms with Gasteiger partial charge in [0.15, 0.2) is 0 Å². The highest BCUT2D eigenvalue weighted by molar-refractivity contribution is 9.10. The molecule has 0 aliphatic heterocycles. The molecule has 3 N–H and O–H groups in total. The molecule has 1 heterocycles. The Bertz CT molecular complexity index is 975. The van der Waals surface area contributed by atoms with E-state index in [-0.39, 0.29) is 11.9 Å². The molecule has 0 aliphatic rings. The molecule has 1 aromatic heterocycles. The summed E-state index contributed by atoms with van der Waals surface area (Å²) in [7, 11) is 0. The summed E-state index contributed by atoms with van der Waals surface area (Å²) in [5.74, 6) is 0.904. The molecule has 8 heteroatoms. The van der Waals surface area contributed by atoms with Gasteiger partial charge in [0.1, 0.15) is 5.76 Å². The third kappa shape index (κ3) is 6.69. The van der Waals surface area contributed by atoms with Crippen LogP contribution in [0.1, 0.15) is 11.3 Å². The predicted octanol–water partition coefficient (Wildman–Crippen LogP) is 5.40. The van der Waals surface area contributed by atoms with E-state index in [2.05, 4.69) is 31.9 Å². The minimum absolute atomic E-state index is 0.0887. The van der Waals surface area contributed by atoms with Gasteiger partial charge in [-0.15, -0.1) is 11.8 Å². The van der Waals surface area contributed by atoms with Crippen molar-refractivity contribution < 1.29 is 14.0 Å². The molecule has 0 saturated heterocycles. The standard InChI is InChI=1S/C21H20BrN3O3S/c1-14-11-15(22)4-9-19(14)29-13-20(26)24-16-5-7-17(8-6-16)25-21(27)23-12-18-3-2-10-28-18/h2-11H,12-13H2,1H3,(H,24,26)(H2,23,25,27). The summed E-state index contributed by atoms with van der Waals surface area (Å²) in [5.41, 5.74) is 2.42. The summed E-state index contributed by atoms with van der Waals surface area (Å²) >= 11 is 4.93. The Morgan fingerprint density at radius 2 is 1.76 bits per heavy atom. The molecule has 29 heavy (non-hydrogen) atoms. The van der Waals surface area contributed by atoms with Crippen molar-refractivity contribution in [3.63, 3.8) is 0 Å². The zero-order valence-electron chi connectivity index (χ0n) is 15.7. The van der Waals surface area contributed by atoms with Crippen molar-refractivity contribution in [1.82, 2.24) is 5.32 Å². The van der Waals surface area contributed by atoms with Crippen LogP contribution in [0.4, 0.5) is 16.2 Å². The fourth-order valence-corrected chi connectivity index (χ4v) is 3.79. The summed E-state index contributed by atoms with van der Waals surface area (Å²) in [4.78, 5) is 25.2. The van der Waals surface area contributed by atoms with Crippen LogP contribution in [0, 0.1) is 6.92 Å². The first kappa shape index (κ1) is 21.0. The lowest BCUT2D eigenvalue weighted by Crippen LogP contribution is -2.27. The van der Waals surface area contributed by atoms with E-state index >= 15 is 0 Å². The van der Waals surface area contributed by atoms with Gasteiger partial charge in [0.2, 0.25) is 5.91 Å². The number of rotatable bonds is 7. The van der Waals surface area contributed by atoms with Crippen LogP contribution in [0.15, 0.2) is 74.6 Å². The van der Waals surface area contributed by atoms with Gasteiger partial charge < -0.3 is 20.4 Å². The lowest BCUT2D eigenvalue weighted by atomic mass is 10.2. The molecular formula is C21H20BrN3O3S. The summed E-state index contributed by atoms with van der Waals surface area (Å²) in [6.45, 7) is 2.32. The number of aryl methyl sites for hydroxylation is 1. The maximum absolute atomic E-state index is 12.2. The highest BCUT2D eigenvalue weighted by atomic mass is 79.9. The monoisotopic (exact) mass is 473 g/mol. The number of hydrogen-bond donors (Lipinski definition) is 3. The molecule has 0 saturated carbocycles. The molecule has 0 fully saturated rings. The number of thioether (sulfide) groups is 1. The number of benzene rings is 2. The molecule has 3 aromatic rings. The van der Waals surface area contributed by atoms with E-state index in [1.54, 1.807) is 42.7 Å². The zero-order chi connectivity index (χ0) is 20.6. The van der Waals surface area contributed by atoms with Gasteiger partial charge in [-0.1, -0.05) is 15.9 Å². The first-order chi connectivity index (χ1) is 14.0. The molecule has 0 radical (unpaired) electrons. The second kappa shape index (κ2) is 10.2. The van der Waals surface area contributed by atoms with Crippen LogP contribution in [-0.2, 0) is 11.3 Å². The van der Waals surface area contributed by atoms with E-state index in [0.29, 0.717) is 29.4 Å². The van der Waals surface area contributed by atoms with E-state index in [9.17, 15) is 9.59 Å². The number of nitrogens with one attached hydrogen (secondary N) is 3. The van der Waals surface area contributed by atoms with Gasteiger partial charge >= 0.3 is 6.03 Å². The smallest absolute Gasteiger partial charge is 0.319 e. The van der Waals surface area contributed by atoms with E-state index in [1.165, 1.54) is 11.8 Å². The van der Waals surface area contributed by atoms with Crippen LogP contribution in [0.2, 0.25) is 0 Å². The first-order valence-electron chi connectivity index (χ1n) is 8.86. The number of carbonyl (C=O) groups is 2. The normalized spacial score (nSPS) is 10.4. The fourth-order valence-electron chi connectivity index (χ4n) is 2.51. The minimum Gasteiger partial charge on any atom is -0.467 e. The Balaban J connectivity index is 1.44. The Kier molecular flexibility index (Phi) is 7.37. The van der Waals surface area contributed by atoms with E-state index in [1.807, 2.05) is 25.1 Å². The van der Waals surface area contributed by atoms with Crippen LogP contribution in [0.3, 0.4) is 0 Å². The summed E-state index contributed by atoms with van der Waals surface area (Å²) in [5, 5.41) is 8.29. The maximum Gasteiger partial charge on any atom is 0.319 e. The Morgan fingerprint density at radius 3 is 2.41 bits per heavy atom. The molecule has 6 nitrogen and oxygen atoms in total. The van der Waals surface area contributed by atoms with Crippen molar-refractivity contribution in [3.05, 3.63) is 76.7 Å². The van der Waals surface area contributed by atoms with Crippen LogP contribution >= 0.6 is 27.7 Å². The Hall–Kier alpha value is -2.71. The number of carbonyl (C=O) groups excluding carboxylic acids is 2. The van der Waals surface area contributed by atoms with Crippen molar-refractivity contribution in [3.8, 4) is 0 Å². The number of halogens is 1. The van der Waals surface area contributed by atoms with Crippen LogP contribution in [-0.4, -0.2) is 17.7 Å². The SMILES string of the molecule is Cc1cc(Br)ccc1SCC(=O)Nc1ccc(NC(=O)NCc2ccco2)cc1. The third-order valence-electron chi connectivity index (χ3n) is 3.93. The summed E-state index contributed by atoms with van der Waals surface area (Å²) < 4.78 is 6.18. The van der Waals surface area contributed by atoms with Crippen molar-refractivity contribution in [2.45, 2.75) is 18.4 Å². The fraction of sp³-hybridized carbons (Fsp3) is 0.143. The van der Waals surface area contributed by atoms with Crippen molar-refractivity contribution in [2.75, 3.05) is 16.4 Å². The first-order valence-corrected chi connectivity index (χ1v) is 10.6. The van der Waals surface area contributed by atoms with Gasteiger partial charge in [0.25, 0.3) is 0 Å². The molecule has 2 aromatic carbocycles. The van der Waals surface area contributed by atoms with Gasteiger partial charge in [-0.2, -0.15) is 0 Å². The van der Waals surface area contributed by atoms with Crippen LogP contribution in [0.25, 0.3) is 0 Å².